The molecule has 4 heterocycles. The summed E-state index contributed by atoms with van der Waals surface area (Å²) >= 11 is 1.78. The Morgan fingerprint density at radius 2 is 2.23 bits per heavy atom. The number of likely N-dealkylation sites (tertiary alicyclic amines) is 1. The smallest absolute Gasteiger partial charge is 0.235 e. The van der Waals surface area contributed by atoms with E-state index in [1.54, 1.807) is 28.4 Å². The minimum absolute atomic E-state index is 0.0613. The fourth-order valence-electron chi connectivity index (χ4n) is 4.45. The molecule has 1 aliphatic rings. The number of carbonyl (C=O) groups is 1. The summed E-state index contributed by atoms with van der Waals surface area (Å²) in [4.78, 5) is 30.2. The second-order valence-corrected chi connectivity index (χ2v) is 9.14. The highest BCUT2D eigenvalue weighted by atomic mass is 32.1. The molecule has 3 aromatic rings. The van der Waals surface area contributed by atoms with Gasteiger partial charge in [0, 0.05) is 35.6 Å². The Hall–Kier alpha value is -2.58. The molecule has 31 heavy (non-hydrogen) atoms. The van der Waals surface area contributed by atoms with Crippen molar-refractivity contribution in [3.8, 4) is 5.95 Å². The number of amides is 1. The highest BCUT2D eigenvalue weighted by Gasteiger charge is 2.36. The molecule has 0 saturated carbocycles. The minimum atomic E-state index is -0.454. The molecule has 4 rings (SSSR count). The predicted octanol–water partition coefficient (Wildman–Crippen LogP) is 3.34. The summed E-state index contributed by atoms with van der Waals surface area (Å²) in [5, 5.41) is 2.11. The lowest BCUT2D eigenvalue weighted by molar-refractivity contribution is -0.121. The van der Waals surface area contributed by atoms with Gasteiger partial charge in [0.05, 0.1) is 11.6 Å². The van der Waals surface area contributed by atoms with E-state index in [1.165, 1.54) is 4.88 Å². The summed E-state index contributed by atoms with van der Waals surface area (Å²) in [7, 11) is 0. The highest BCUT2D eigenvalue weighted by molar-refractivity contribution is 7.09. The van der Waals surface area contributed by atoms with Gasteiger partial charge in [-0.3, -0.25) is 14.3 Å². The molecule has 0 radical (unpaired) electrons. The number of thiophene rings is 1. The number of nitrogens with two attached hydrogens (primary N) is 1. The first kappa shape index (κ1) is 21.6. The van der Waals surface area contributed by atoms with Gasteiger partial charge in [0.2, 0.25) is 11.9 Å². The Morgan fingerprint density at radius 3 is 2.94 bits per heavy atom. The minimum Gasteiger partial charge on any atom is -0.369 e. The van der Waals surface area contributed by atoms with Crippen molar-refractivity contribution in [3.05, 3.63) is 58.6 Å². The maximum absolute atomic E-state index is 12.8. The molecule has 2 N–H and O–H groups in total. The molecule has 1 saturated heterocycles. The number of carbonyl (C=O) groups excluding carboxylic acids is 1. The summed E-state index contributed by atoms with van der Waals surface area (Å²) in [6.07, 6.45) is 11.2. The Kier molecular flexibility index (Phi) is 7.09. The molecule has 7 nitrogen and oxygen atoms in total. The van der Waals surface area contributed by atoms with Crippen molar-refractivity contribution in [1.82, 2.24) is 24.4 Å². The van der Waals surface area contributed by atoms with Crippen molar-refractivity contribution < 1.29 is 4.79 Å². The summed E-state index contributed by atoms with van der Waals surface area (Å²) < 4.78 is 1.79. The van der Waals surface area contributed by atoms with E-state index in [9.17, 15) is 4.79 Å². The van der Waals surface area contributed by atoms with Gasteiger partial charge < -0.3 is 5.73 Å². The number of piperidine rings is 1. The van der Waals surface area contributed by atoms with Crippen LogP contribution in [0.15, 0.2) is 42.3 Å². The molecule has 1 amide bonds. The van der Waals surface area contributed by atoms with E-state index >= 15 is 0 Å². The van der Waals surface area contributed by atoms with Crippen LogP contribution in [-0.2, 0) is 17.6 Å². The van der Waals surface area contributed by atoms with E-state index in [0.29, 0.717) is 5.95 Å². The van der Waals surface area contributed by atoms with Crippen LogP contribution < -0.4 is 5.73 Å². The standard InChI is InChI=1S/C23H30N6OS/c1-2-6-17-15-19(27-23(26-17)29-13-10-25-16-29)21(22(24)30)20-8-3-4-11-28(20)12-9-18-7-5-14-31-18/h5,7,10,13-16,20-21H,2-4,6,8-9,11-12H2,1H3,(H2,24,30). The number of hydrogen-bond donors (Lipinski definition) is 1. The Balaban J connectivity index is 1.65. The zero-order valence-corrected chi connectivity index (χ0v) is 18.8. The topological polar surface area (TPSA) is 89.9 Å². The van der Waals surface area contributed by atoms with Crippen LogP contribution in [0.25, 0.3) is 5.95 Å². The molecule has 2 unspecified atom stereocenters. The first-order chi connectivity index (χ1) is 15.2. The third-order valence-corrected chi connectivity index (χ3v) is 6.86. The van der Waals surface area contributed by atoms with Crippen LogP contribution in [0.5, 0.6) is 0 Å². The van der Waals surface area contributed by atoms with E-state index in [4.69, 9.17) is 10.7 Å². The van der Waals surface area contributed by atoms with Crippen LogP contribution in [0, 0.1) is 0 Å². The number of imidazole rings is 1. The summed E-state index contributed by atoms with van der Waals surface area (Å²) in [5.41, 5.74) is 7.66. The Morgan fingerprint density at radius 1 is 1.32 bits per heavy atom. The maximum Gasteiger partial charge on any atom is 0.235 e. The summed E-state index contributed by atoms with van der Waals surface area (Å²) in [5.74, 6) is -0.221. The van der Waals surface area contributed by atoms with Gasteiger partial charge >= 0.3 is 0 Å². The highest BCUT2D eigenvalue weighted by Crippen LogP contribution is 2.31. The molecule has 0 aliphatic carbocycles. The van der Waals surface area contributed by atoms with Gasteiger partial charge in [0.25, 0.3) is 0 Å². The number of aromatic nitrogens is 4. The van der Waals surface area contributed by atoms with Crippen molar-refractivity contribution in [3.63, 3.8) is 0 Å². The maximum atomic E-state index is 12.8. The molecule has 164 valence electrons. The van der Waals surface area contributed by atoms with Crippen molar-refractivity contribution in [2.75, 3.05) is 13.1 Å². The molecule has 8 heteroatoms. The zero-order chi connectivity index (χ0) is 21.6. The van der Waals surface area contributed by atoms with Crippen LogP contribution in [0.3, 0.4) is 0 Å². The van der Waals surface area contributed by atoms with E-state index in [1.807, 2.05) is 12.3 Å². The lowest BCUT2D eigenvalue weighted by atomic mass is 9.86. The molecule has 3 aromatic heterocycles. The van der Waals surface area contributed by atoms with Crippen molar-refractivity contribution in [2.24, 2.45) is 5.73 Å². The first-order valence-corrected chi connectivity index (χ1v) is 12.0. The van der Waals surface area contributed by atoms with Crippen LogP contribution in [0.1, 0.15) is 54.8 Å². The number of nitrogens with zero attached hydrogens (tertiary/aromatic N) is 5. The Bertz CT molecular complexity index is 972. The SMILES string of the molecule is CCCc1cc(C(C(N)=O)C2CCCCN2CCc2cccs2)nc(-n2ccnc2)n1. The number of hydrogen-bond acceptors (Lipinski definition) is 6. The van der Waals surface area contributed by atoms with Crippen LogP contribution >= 0.6 is 11.3 Å². The first-order valence-electron chi connectivity index (χ1n) is 11.1. The summed E-state index contributed by atoms with van der Waals surface area (Å²) in [6.45, 7) is 4.04. The van der Waals surface area contributed by atoms with Crippen molar-refractivity contribution >= 4 is 17.2 Å². The third kappa shape index (κ3) is 5.19. The second-order valence-electron chi connectivity index (χ2n) is 8.11. The fourth-order valence-corrected chi connectivity index (χ4v) is 5.15. The van der Waals surface area contributed by atoms with E-state index in [-0.39, 0.29) is 11.9 Å². The van der Waals surface area contributed by atoms with Gasteiger partial charge in [-0.15, -0.1) is 11.3 Å². The molecule has 2 atom stereocenters. The van der Waals surface area contributed by atoms with E-state index in [0.717, 1.165) is 63.0 Å². The van der Waals surface area contributed by atoms with Crippen molar-refractivity contribution in [2.45, 2.75) is 57.4 Å². The molecule has 0 aromatic carbocycles. The van der Waals surface area contributed by atoms with Gasteiger partial charge in [-0.1, -0.05) is 25.8 Å². The predicted molar refractivity (Wildman–Crippen MR) is 122 cm³/mol. The summed E-state index contributed by atoms with van der Waals surface area (Å²) in [6, 6.07) is 6.30. The van der Waals surface area contributed by atoms with Crippen LogP contribution in [0.4, 0.5) is 0 Å². The van der Waals surface area contributed by atoms with Gasteiger partial charge in [0.15, 0.2) is 0 Å². The zero-order valence-electron chi connectivity index (χ0n) is 18.0. The van der Waals surface area contributed by atoms with E-state index < -0.39 is 5.92 Å². The average molecular weight is 439 g/mol. The van der Waals surface area contributed by atoms with E-state index in [2.05, 4.69) is 39.3 Å². The Labute approximate surface area is 187 Å². The van der Waals surface area contributed by atoms with Crippen molar-refractivity contribution in [1.29, 1.82) is 0 Å². The molecule has 1 aliphatic heterocycles. The average Bonchev–Trinajstić information content (AvgIpc) is 3.47. The molecular weight excluding hydrogens is 408 g/mol. The van der Waals surface area contributed by atoms with Crippen LogP contribution in [0.2, 0.25) is 0 Å². The van der Waals surface area contributed by atoms with Gasteiger partial charge in [-0.05, 0) is 49.7 Å². The second kappa shape index (κ2) is 10.2. The third-order valence-electron chi connectivity index (χ3n) is 5.93. The fraction of sp³-hybridized carbons (Fsp3) is 0.478. The molecular formula is C23H30N6OS. The number of primary amides is 1. The molecule has 0 spiro atoms. The molecule has 1 fully saturated rings. The number of rotatable bonds is 9. The van der Waals surface area contributed by atoms with Gasteiger partial charge in [0.1, 0.15) is 6.33 Å². The number of aryl methyl sites for hydroxylation is 1. The van der Waals surface area contributed by atoms with Gasteiger partial charge in [-0.2, -0.15) is 0 Å². The largest absolute Gasteiger partial charge is 0.369 e. The molecule has 0 bridgehead atoms. The lowest BCUT2D eigenvalue weighted by Gasteiger charge is -2.39. The monoisotopic (exact) mass is 438 g/mol. The lowest BCUT2D eigenvalue weighted by Crippen LogP contribution is -2.48. The van der Waals surface area contributed by atoms with Gasteiger partial charge in [-0.25, -0.2) is 15.0 Å². The quantitative estimate of drug-likeness (QED) is 0.553. The van der Waals surface area contributed by atoms with Crippen LogP contribution in [-0.4, -0.2) is 49.5 Å². The normalized spacial score (nSPS) is 18.2.